The summed E-state index contributed by atoms with van der Waals surface area (Å²) in [5.74, 6) is 4.94. The third-order valence-corrected chi connectivity index (χ3v) is 38.7. The van der Waals surface area contributed by atoms with Crippen LogP contribution in [-0.4, -0.2) is 84.5 Å². The van der Waals surface area contributed by atoms with Gasteiger partial charge in [0, 0.05) is 0 Å². The number of hydrogen-bond donors (Lipinski definition) is 2. The number of aliphatic hydroxyl groups is 2. The first-order valence-corrected chi connectivity index (χ1v) is 44.7. The molecule has 0 radical (unpaired) electrons. The summed E-state index contributed by atoms with van der Waals surface area (Å²) < 4.78 is 27.8. The van der Waals surface area contributed by atoms with Crippen molar-refractivity contribution in [1.82, 2.24) is 0 Å². The quantitative estimate of drug-likeness (QED) is 0.0741. The van der Waals surface area contributed by atoms with Crippen LogP contribution >= 0.6 is 0 Å². The average Bonchev–Trinajstić information content (AvgIpc) is 3.93. The molecule has 0 amide bonds. The Balaban J connectivity index is 1.14. The Bertz CT molecular complexity index is 1280. The van der Waals surface area contributed by atoms with Crippen molar-refractivity contribution in [2.24, 2.45) is 35.5 Å². The van der Waals surface area contributed by atoms with Crippen LogP contribution in [0.25, 0.3) is 0 Å². The third kappa shape index (κ3) is 18.7. The maximum Gasteiger partial charge on any atom is 0.173 e. The Morgan fingerprint density at radius 2 is 0.667 bits per heavy atom. The number of fused-ring (bicyclic) bond motifs is 1. The minimum atomic E-state index is -1.81. The van der Waals surface area contributed by atoms with Gasteiger partial charge in [0.15, 0.2) is 49.9 Å². The van der Waals surface area contributed by atoms with Crippen molar-refractivity contribution in [1.29, 1.82) is 0 Å². The predicted octanol–water partition coefficient (Wildman–Crippen LogP) is 14.3. The van der Waals surface area contributed by atoms with Gasteiger partial charge in [-0.1, -0.05) is 44.9 Å². The number of epoxide rings is 1. The van der Waals surface area contributed by atoms with Gasteiger partial charge in [0.1, 0.15) is 0 Å². The first-order valence-electron chi connectivity index (χ1n) is 26.0. The largest absolute Gasteiger partial charge is 0.455 e. The summed E-state index contributed by atoms with van der Waals surface area (Å²) in [6.07, 6.45) is 26.2. The zero-order chi connectivity index (χ0) is 44.0. The van der Waals surface area contributed by atoms with E-state index in [2.05, 4.69) is 78.6 Å². The van der Waals surface area contributed by atoms with E-state index in [1.807, 2.05) is 0 Å². The van der Waals surface area contributed by atoms with Gasteiger partial charge in [0.25, 0.3) is 0 Å². The van der Waals surface area contributed by atoms with E-state index in [1.165, 1.54) is 139 Å². The molecule has 1 heterocycles. The lowest BCUT2D eigenvalue weighted by atomic mass is 9.71. The number of ether oxygens (including phenoxy) is 1. The second-order valence-electron chi connectivity index (χ2n) is 25.5. The van der Waals surface area contributed by atoms with Crippen molar-refractivity contribution >= 4 is 49.9 Å². The van der Waals surface area contributed by atoms with Crippen LogP contribution < -0.4 is 0 Å². The summed E-state index contributed by atoms with van der Waals surface area (Å²) in [7, 11) is -10.5. The average molecular weight is 942 g/mol. The smallest absolute Gasteiger partial charge is 0.173 e. The van der Waals surface area contributed by atoms with Crippen molar-refractivity contribution in [3.05, 3.63) is 0 Å². The minimum Gasteiger partial charge on any atom is -0.455 e. The number of aliphatic hydroxyl groups excluding tert-OH is 2. The first-order chi connectivity index (χ1) is 27.9. The van der Waals surface area contributed by atoms with Gasteiger partial charge in [0.2, 0.25) is 0 Å². The molecule has 4 aliphatic carbocycles. The molecule has 0 aromatic carbocycles. The Hall–Kier alpha value is 1.06. The van der Waals surface area contributed by atoms with Crippen LogP contribution in [0.1, 0.15) is 128 Å². The van der Waals surface area contributed by atoms with Gasteiger partial charge in [-0.05, 0) is 234 Å². The first kappa shape index (κ1) is 52.0. The fourth-order valence-corrected chi connectivity index (χ4v) is 39.8. The summed E-state index contributed by atoms with van der Waals surface area (Å²) in [4.78, 5) is 0. The molecular weight excluding hydrogens is 841 g/mol. The van der Waals surface area contributed by atoms with Crippen LogP contribution in [0.4, 0.5) is 0 Å². The van der Waals surface area contributed by atoms with E-state index in [4.69, 9.17) is 17.1 Å². The molecule has 5 aliphatic rings. The minimum absolute atomic E-state index is 0.0536. The molecule has 0 bridgehead atoms. The molecule has 12 heteroatoms. The fourth-order valence-electron chi connectivity index (χ4n) is 12.9. The normalized spacial score (nSPS) is 32.5. The molecule has 352 valence electrons. The molecular formula is C48H100O6Si6. The third-order valence-electron chi connectivity index (χ3n) is 16.5. The van der Waals surface area contributed by atoms with E-state index in [1.54, 1.807) is 0 Å². The molecule has 6 nitrogen and oxygen atoms in total. The molecule has 1 aliphatic heterocycles. The second kappa shape index (κ2) is 22.2. The zero-order valence-corrected chi connectivity index (χ0v) is 47.7. The van der Waals surface area contributed by atoms with Crippen molar-refractivity contribution in [2.45, 2.75) is 268 Å². The Labute approximate surface area is 378 Å². The number of rotatable bonds is 24. The van der Waals surface area contributed by atoms with Crippen LogP contribution in [-0.2, 0) is 17.1 Å². The molecule has 6 atom stereocenters. The molecule has 2 N–H and O–H groups in total. The van der Waals surface area contributed by atoms with Gasteiger partial charge in [-0.3, -0.25) is 0 Å². The van der Waals surface area contributed by atoms with E-state index in [9.17, 15) is 10.2 Å². The van der Waals surface area contributed by atoms with Crippen LogP contribution in [0.3, 0.4) is 0 Å². The lowest BCUT2D eigenvalue weighted by molar-refractivity contribution is 0.107. The highest BCUT2D eigenvalue weighted by Crippen LogP contribution is 2.45. The standard InChI is InChI=1S/C48H100O6Si6/c1-55(2,31-25-39-14-20-45(49)21-15-39)52-57(5,6)33-27-41-13-19-43(29-35-59(9,10)54-58(7,8)34-28-42-18-24-47-48(38-42)51-47)44(37-41)30-36-60(11,12)53-56(3,4)32-26-40-16-22-46(50)23-17-40/h39-50H,13-38H2,1-12H3. The highest BCUT2D eigenvalue weighted by molar-refractivity contribution is 6.86. The molecule has 0 aromatic heterocycles. The maximum absolute atomic E-state index is 10.0. The van der Waals surface area contributed by atoms with Gasteiger partial charge < -0.3 is 27.3 Å². The zero-order valence-electron chi connectivity index (χ0n) is 41.7. The van der Waals surface area contributed by atoms with Gasteiger partial charge in [0.05, 0.1) is 24.4 Å². The Morgan fingerprint density at radius 1 is 0.350 bits per heavy atom. The molecule has 4 saturated carbocycles. The van der Waals surface area contributed by atoms with Crippen LogP contribution in [0, 0.1) is 35.5 Å². The summed E-state index contributed by atoms with van der Waals surface area (Å²) in [6, 6.07) is 7.81. The predicted molar refractivity (Wildman–Crippen MR) is 271 cm³/mol. The number of hydrogen-bond acceptors (Lipinski definition) is 6. The van der Waals surface area contributed by atoms with Crippen molar-refractivity contribution in [2.75, 3.05) is 0 Å². The summed E-state index contributed by atoms with van der Waals surface area (Å²) in [5.41, 5.74) is 0. The van der Waals surface area contributed by atoms with Gasteiger partial charge in [-0.25, -0.2) is 0 Å². The van der Waals surface area contributed by atoms with E-state index in [0.29, 0.717) is 12.2 Å². The highest BCUT2D eigenvalue weighted by atomic mass is 28.4. The second-order valence-corrected chi connectivity index (χ2v) is 52.1. The van der Waals surface area contributed by atoms with E-state index < -0.39 is 49.9 Å². The van der Waals surface area contributed by atoms with Crippen molar-refractivity contribution in [3.8, 4) is 0 Å². The van der Waals surface area contributed by atoms with Gasteiger partial charge in [-0.15, -0.1) is 0 Å². The van der Waals surface area contributed by atoms with Crippen LogP contribution in [0.2, 0.25) is 115 Å². The van der Waals surface area contributed by atoms with Crippen LogP contribution in [0.5, 0.6) is 0 Å². The molecule has 6 unspecified atom stereocenters. The maximum atomic E-state index is 10.0. The van der Waals surface area contributed by atoms with Gasteiger partial charge in [-0.2, -0.15) is 0 Å². The SMILES string of the molecule is C[Si](C)(CCC1CCC(O)CC1)O[Si](C)(C)CCC1CCC(CC[Si](C)(C)O[Si](C)(C)CCC2CCC3OC3C2)C(CC[Si](C)(C)O[Si](C)(C)CCC2CCC(O)CC2)C1. The van der Waals surface area contributed by atoms with Crippen LogP contribution in [0.15, 0.2) is 0 Å². The topological polar surface area (TPSA) is 80.7 Å². The molecule has 0 aromatic rings. The lowest BCUT2D eigenvalue weighted by Gasteiger charge is -2.42. The van der Waals surface area contributed by atoms with Crippen molar-refractivity contribution in [3.63, 3.8) is 0 Å². The fraction of sp³-hybridized carbons (Fsp3) is 1.00. The summed E-state index contributed by atoms with van der Waals surface area (Å²) in [5, 5.41) is 20.0. The van der Waals surface area contributed by atoms with Crippen molar-refractivity contribution < 1.29 is 27.3 Å². The molecule has 1 saturated heterocycles. The Morgan fingerprint density at radius 3 is 1.07 bits per heavy atom. The molecule has 5 rings (SSSR count). The highest BCUT2D eigenvalue weighted by Gasteiger charge is 2.45. The van der Waals surface area contributed by atoms with E-state index in [-0.39, 0.29) is 12.2 Å². The molecule has 0 spiro atoms. The lowest BCUT2D eigenvalue weighted by Crippen LogP contribution is -2.45. The monoisotopic (exact) mass is 941 g/mol. The van der Waals surface area contributed by atoms with E-state index in [0.717, 1.165) is 61.2 Å². The van der Waals surface area contributed by atoms with Gasteiger partial charge >= 0.3 is 0 Å². The molecule has 5 fully saturated rings. The molecule has 60 heavy (non-hydrogen) atoms. The van der Waals surface area contributed by atoms with E-state index >= 15 is 0 Å². The summed E-state index contributed by atoms with van der Waals surface area (Å²) >= 11 is 0. The Kier molecular flexibility index (Phi) is 19.3. The summed E-state index contributed by atoms with van der Waals surface area (Å²) in [6.45, 7) is 30.3.